The number of hydrogen-bond acceptors (Lipinski definition) is 2. The second-order valence-corrected chi connectivity index (χ2v) is 5.11. The molecule has 0 radical (unpaired) electrons. The molecule has 4 nitrogen and oxygen atoms in total. The monoisotopic (exact) mass is 238 g/mol. The van der Waals surface area contributed by atoms with Crippen molar-refractivity contribution in [3.8, 4) is 0 Å². The number of amides is 2. The summed E-state index contributed by atoms with van der Waals surface area (Å²) in [6.07, 6.45) is 9.03. The molecule has 0 bridgehead atoms. The van der Waals surface area contributed by atoms with E-state index in [1.165, 1.54) is 32.1 Å². The fourth-order valence-electron chi connectivity index (χ4n) is 2.84. The predicted octanol–water partition coefficient (Wildman–Crippen LogP) is 1.45. The van der Waals surface area contributed by atoms with Crippen molar-refractivity contribution >= 4 is 11.8 Å². The minimum Gasteiger partial charge on any atom is -0.347 e. The van der Waals surface area contributed by atoms with Crippen LogP contribution >= 0.6 is 0 Å². The SMILES string of the molecule is O=C1CCN(C2CCCCCCC2)C(=O)CN1. The predicted molar refractivity (Wildman–Crippen MR) is 65.4 cm³/mol. The lowest BCUT2D eigenvalue weighted by atomic mass is 9.95. The van der Waals surface area contributed by atoms with Gasteiger partial charge in [-0.3, -0.25) is 9.59 Å². The summed E-state index contributed by atoms with van der Waals surface area (Å²) < 4.78 is 0. The number of nitrogens with zero attached hydrogens (tertiary/aromatic N) is 1. The number of carbonyl (C=O) groups excluding carboxylic acids is 2. The van der Waals surface area contributed by atoms with Crippen LogP contribution in [0.25, 0.3) is 0 Å². The molecule has 0 spiro atoms. The highest BCUT2D eigenvalue weighted by molar-refractivity contribution is 5.87. The van der Waals surface area contributed by atoms with Gasteiger partial charge in [-0.1, -0.05) is 32.1 Å². The molecular weight excluding hydrogens is 216 g/mol. The summed E-state index contributed by atoms with van der Waals surface area (Å²) in [6, 6.07) is 0.371. The Bertz CT molecular complexity index is 283. The van der Waals surface area contributed by atoms with E-state index in [0.29, 0.717) is 19.0 Å². The van der Waals surface area contributed by atoms with Crippen molar-refractivity contribution < 1.29 is 9.59 Å². The molecule has 1 saturated carbocycles. The van der Waals surface area contributed by atoms with Crippen LogP contribution in [0.5, 0.6) is 0 Å². The lowest BCUT2D eigenvalue weighted by molar-refractivity contribution is -0.132. The highest BCUT2D eigenvalue weighted by atomic mass is 16.2. The molecule has 0 aromatic heterocycles. The third-order valence-corrected chi connectivity index (χ3v) is 3.85. The maximum atomic E-state index is 12.0. The normalized spacial score (nSPS) is 24.8. The smallest absolute Gasteiger partial charge is 0.242 e. The van der Waals surface area contributed by atoms with Crippen molar-refractivity contribution in [1.82, 2.24) is 10.2 Å². The molecule has 1 aliphatic carbocycles. The summed E-state index contributed by atoms with van der Waals surface area (Å²) in [4.78, 5) is 25.2. The minimum atomic E-state index is 0.00620. The van der Waals surface area contributed by atoms with Gasteiger partial charge in [-0.2, -0.15) is 0 Å². The van der Waals surface area contributed by atoms with E-state index in [2.05, 4.69) is 5.32 Å². The summed E-state index contributed by atoms with van der Waals surface area (Å²) >= 11 is 0. The van der Waals surface area contributed by atoms with Crippen LogP contribution in [0, 0.1) is 0 Å². The minimum absolute atomic E-state index is 0.00620. The Hall–Kier alpha value is -1.06. The van der Waals surface area contributed by atoms with Crippen LogP contribution in [0.3, 0.4) is 0 Å². The van der Waals surface area contributed by atoms with Crippen molar-refractivity contribution in [2.24, 2.45) is 0 Å². The molecular formula is C13H22N2O2. The Morgan fingerprint density at radius 3 is 2.35 bits per heavy atom. The van der Waals surface area contributed by atoms with Crippen molar-refractivity contribution in [2.45, 2.75) is 57.4 Å². The molecule has 0 aromatic rings. The van der Waals surface area contributed by atoms with E-state index in [-0.39, 0.29) is 18.4 Å². The van der Waals surface area contributed by atoms with Crippen molar-refractivity contribution in [2.75, 3.05) is 13.1 Å². The van der Waals surface area contributed by atoms with E-state index in [4.69, 9.17) is 0 Å². The molecule has 2 amide bonds. The first-order valence-electron chi connectivity index (χ1n) is 6.83. The Balaban J connectivity index is 1.97. The van der Waals surface area contributed by atoms with Crippen LogP contribution in [0.15, 0.2) is 0 Å². The van der Waals surface area contributed by atoms with Crippen LogP contribution in [0.4, 0.5) is 0 Å². The lowest BCUT2D eigenvalue weighted by Gasteiger charge is -2.31. The van der Waals surface area contributed by atoms with Crippen molar-refractivity contribution in [1.29, 1.82) is 0 Å². The number of carbonyl (C=O) groups is 2. The average molecular weight is 238 g/mol. The molecule has 2 fully saturated rings. The average Bonchev–Trinajstić information content (AvgIpc) is 2.43. The summed E-state index contributed by atoms with van der Waals surface area (Å²) in [5.74, 6) is 0.105. The third-order valence-electron chi connectivity index (χ3n) is 3.85. The van der Waals surface area contributed by atoms with Gasteiger partial charge in [0, 0.05) is 19.0 Å². The van der Waals surface area contributed by atoms with Gasteiger partial charge in [0.15, 0.2) is 0 Å². The van der Waals surface area contributed by atoms with Crippen molar-refractivity contribution in [3.63, 3.8) is 0 Å². The van der Waals surface area contributed by atoms with Gasteiger partial charge in [-0.05, 0) is 12.8 Å². The van der Waals surface area contributed by atoms with Crippen LogP contribution < -0.4 is 5.32 Å². The number of nitrogens with one attached hydrogen (secondary N) is 1. The van der Waals surface area contributed by atoms with Crippen LogP contribution in [0.1, 0.15) is 51.4 Å². The van der Waals surface area contributed by atoms with Gasteiger partial charge in [0.2, 0.25) is 11.8 Å². The van der Waals surface area contributed by atoms with Gasteiger partial charge >= 0.3 is 0 Å². The molecule has 2 aliphatic rings. The van der Waals surface area contributed by atoms with E-state index in [0.717, 1.165) is 12.8 Å². The van der Waals surface area contributed by atoms with Gasteiger partial charge in [0.25, 0.3) is 0 Å². The molecule has 1 saturated heterocycles. The Labute approximate surface area is 103 Å². The summed E-state index contributed by atoms with van der Waals surface area (Å²) in [6.45, 7) is 0.796. The maximum Gasteiger partial charge on any atom is 0.242 e. The van der Waals surface area contributed by atoms with E-state index in [1.807, 2.05) is 4.90 Å². The topological polar surface area (TPSA) is 49.4 Å². The number of hydrogen-bond donors (Lipinski definition) is 1. The zero-order valence-electron chi connectivity index (χ0n) is 10.4. The first kappa shape index (κ1) is 12.4. The third kappa shape index (κ3) is 3.45. The summed E-state index contributed by atoms with van der Waals surface area (Å²) in [5.41, 5.74) is 0. The molecule has 96 valence electrons. The summed E-state index contributed by atoms with van der Waals surface area (Å²) in [5, 5.41) is 2.66. The molecule has 0 atom stereocenters. The molecule has 0 aromatic carbocycles. The van der Waals surface area contributed by atoms with E-state index < -0.39 is 0 Å². The Morgan fingerprint density at radius 2 is 1.65 bits per heavy atom. The molecule has 4 heteroatoms. The van der Waals surface area contributed by atoms with E-state index in [9.17, 15) is 9.59 Å². The van der Waals surface area contributed by atoms with Gasteiger partial charge < -0.3 is 10.2 Å². The van der Waals surface area contributed by atoms with Crippen LogP contribution in [-0.4, -0.2) is 35.8 Å². The molecule has 2 rings (SSSR count). The lowest BCUT2D eigenvalue weighted by Crippen LogP contribution is -2.42. The van der Waals surface area contributed by atoms with Gasteiger partial charge in [-0.25, -0.2) is 0 Å². The number of rotatable bonds is 1. The highest BCUT2D eigenvalue weighted by Crippen LogP contribution is 2.22. The van der Waals surface area contributed by atoms with Gasteiger partial charge in [-0.15, -0.1) is 0 Å². The van der Waals surface area contributed by atoms with Crippen LogP contribution in [-0.2, 0) is 9.59 Å². The zero-order valence-corrected chi connectivity index (χ0v) is 10.4. The molecule has 1 N–H and O–H groups in total. The second kappa shape index (κ2) is 6.03. The standard InChI is InChI=1S/C13H22N2O2/c16-12-8-9-15(13(17)10-14-12)11-6-4-2-1-3-5-7-11/h11H,1-10H2,(H,14,16). The fourth-order valence-corrected chi connectivity index (χ4v) is 2.84. The van der Waals surface area contributed by atoms with E-state index >= 15 is 0 Å². The summed E-state index contributed by atoms with van der Waals surface area (Å²) in [7, 11) is 0. The zero-order chi connectivity index (χ0) is 12.1. The Kier molecular flexibility index (Phi) is 4.40. The molecule has 1 aliphatic heterocycles. The molecule has 1 heterocycles. The fraction of sp³-hybridized carbons (Fsp3) is 0.846. The quantitative estimate of drug-likeness (QED) is 0.751. The highest BCUT2D eigenvalue weighted by Gasteiger charge is 2.26. The van der Waals surface area contributed by atoms with Gasteiger partial charge in [0.1, 0.15) is 0 Å². The van der Waals surface area contributed by atoms with E-state index in [1.54, 1.807) is 0 Å². The molecule has 17 heavy (non-hydrogen) atoms. The first-order chi connectivity index (χ1) is 8.27. The van der Waals surface area contributed by atoms with Crippen LogP contribution in [0.2, 0.25) is 0 Å². The second-order valence-electron chi connectivity index (χ2n) is 5.11. The van der Waals surface area contributed by atoms with Crippen molar-refractivity contribution in [3.05, 3.63) is 0 Å². The largest absolute Gasteiger partial charge is 0.347 e. The Morgan fingerprint density at radius 1 is 1.00 bits per heavy atom. The first-order valence-corrected chi connectivity index (χ1v) is 6.83. The van der Waals surface area contributed by atoms with Gasteiger partial charge in [0.05, 0.1) is 6.54 Å². The maximum absolute atomic E-state index is 12.0. The molecule has 0 unspecified atom stereocenters.